The summed E-state index contributed by atoms with van der Waals surface area (Å²) in [6.45, 7) is 11.0. The van der Waals surface area contributed by atoms with Crippen LogP contribution in [0.3, 0.4) is 0 Å². The standard InChI is InChI=1S/C44H65N3O5S.ClH/c1-5-8-9-10-11-12-13-14-15-16-17-18-22-26-36-27-23-28-38(50-6-2)40(36)41-39(42(48)51-7-3)34(4)45-43(53)47(41)44(49)52-37-29-31-46(32-30-37)33-35-24-20-19-21-25-35;/h19-21,23-25,27-28,37,41H,5-18,22,26,29-33H2,1-4H3,(H,45,53);1H. The highest BCUT2D eigenvalue weighted by Gasteiger charge is 2.44. The molecule has 1 saturated heterocycles. The molecule has 1 unspecified atom stereocenters. The highest BCUT2D eigenvalue weighted by Crippen LogP contribution is 2.42. The Kier molecular flexibility index (Phi) is 21.0. The Morgan fingerprint density at radius 1 is 0.796 bits per heavy atom. The molecule has 0 radical (unpaired) electrons. The van der Waals surface area contributed by atoms with Crippen molar-refractivity contribution in [1.29, 1.82) is 0 Å². The van der Waals surface area contributed by atoms with Gasteiger partial charge in [0.25, 0.3) is 0 Å². The van der Waals surface area contributed by atoms with E-state index in [2.05, 4.69) is 47.5 Å². The molecule has 54 heavy (non-hydrogen) atoms. The third kappa shape index (κ3) is 13.9. The number of unbranched alkanes of at least 4 members (excludes halogenated alkanes) is 12. The van der Waals surface area contributed by atoms with Crippen LogP contribution in [0.5, 0.6) is 5.75 Å². The van der Waals surface area contributed by atoms with Gasteiger partial charge in [0.15, 0.2) is 5.11 Å². The van der Waals surface area contributed by atoms with Crippen LogP contribution in [0, 0.1) is 0 Å². The number of carbonyl (C=O) groups is 2. The Morgan fingerprint density at radius 2 is 1.41 bits per heavy atom. The molecule has 2 heterocycles. The average Bonchev–Trinajstić information content (AvgIpc) is 3.14. The minimum atomic E-state index is -0.854. The third-order valence-corrected chi connectivity index (χ3v) is 10.8. The zero-order valence-corrected chi connectivity index (χ0v) is 35.0. The quantitative estimate of drug-likeness (QED) is 0.0718. The molecule has 0 aliphatic carbocycles. The molecule has 2 aromatic rings. The van der Waals surface area contributed by atoms with Gasteiger partial charge < -0.3 is 19.5 Å². The summed E-state index contributed by atoms with van der Waals surface area (Å²) in [6.07, 6.45) is 18.1. The number of aryl methyl sites for hydroxylation is 1. The summed E-state index contributed by atoms with van der Waals surface area (Å²) in [5.74, 6) is 0.145. The lowest BCUT2D eigenvalue weighted by atomic mass is 9.88. The second kappa shape index (κ2) is 25.1. The summed E-state index contributed by atoms with van der Waals surface area (Å²) in [4.78, 5) is 31.8. The second-order valence-corrected chi connectivity index (χ2v) is 14.9. The first kappa shape index (κ1) is 45.3. The van der Waals surface area contributed by atoms with Crippen molar-refractivity contribution in [3.05, 3.63) is 76.5 Å². The molecule has 2 aromatic carbocycles. The molecule has 0 bridgehead atoms. The smallest absolute Gasteiger partial charge is 0.417 e. The molecule has 1 amide bonds. The summed E-state index contributed by atoms with van der Waals surface area (Å²) in [5, 5.41) is 3.32. The Balaban J connectivity index is 0.00000784. The summed E-state index contributed by atoms with van der Waals surface area (Å²) >= 11 is 5.85. The number of hydrogen-bond donors (Lipinski definition) is 1. The number of likely N-dealkylation sites (tertiary alicyclic amines) is 1. The van der Waals surface area contributed by atoms with E-state index in [0.717, 1.165) is 62.9 Å². The summed E-state index contributed by atoms with van der Waals surface area (Å²) in [5.41, 5.74) is 3.99. The Morgan fingerprint density at radius 3 is 2.00 bits per heavy atom. The molecular weight excluding hydrogens is 718 g/mol. The van der Waals surface area contributed by atoms with Gasteiger partial charge in [-0.25, -0.2) is 14.5 Å². The number of amides is 1. The van der Waals surface area contributed by atoms with E-state index in [9.17, 15) is 9.59 Å². The lowest BCUT2D eigenvalue weighted by Crippen LogP contribution is -2.52. The molecule has 2 aliphatic heterocycles. The van der Waals surface area contributed by atoms with Gasteiger partial charge in [-0.05, 0) is 75.9 Å². The number of benzene rings is 2. The lowest BCUT2D eigenvalue weighted by Gasteiger charge is -2.40. The van der Waals surface area contributed by atoms with E-state index in [-0.39, 0.29) is 30.2 Å². The van der Waals surface area contributed by atoms with Crippen LogP contribution >= 0.6 is 24.6 Å². The molecule has 300 valence electrons. The van der Waals surface area contributed by atoms with E-state index in [1.54, 1.807) is 6.92 Å². The third-order valence-electron chi connectivity index (χ3n) is 10.5. The number of esters is 1. The number of piperidine rings is 1. The predicted octanol–water partition coefficient (Wildman–Crippen LogP) is 11.0. The van der Waals surface area contributed by atoms with Crippen molar-refractivity contribution in [3.8, 4) is 5.75 Å². The minimum absolute atomic E-state index is 0. The Hall–Kier alpha value is -3.14. The maximum Gasteiger partial charge on any atom is 0.417 e. The van der Waals surface area contributed by atoms with Crippen LogP contribution in [0.4, 0.5) is 4.79 Å². The van der Waals surface area contributed by atoms with Crippen molar-refractivity contribution in [2.24, 2.45) is 0 Å². The fourth-order valence-electron chi connectivity index (χ4n) is 7.63. The average molecular weight is 785 g/mol. The van der Waals surface area contributed by atoms with Crippen molar-refractivity contribution in [2.75, 3.05) is 26.3 Å². The number of ether oxygens (including phenoxy) is 3. The predicted molar refractivity (Wildman–Crippen MR) is 225 cm³/mol. The van der Waals surface area contributed by atoms with Crippen LogP contribution in [-0.4, -0.2) is 59.4 Å². The molecule has 8 nitrogen and oxygen atoms in total. The van der Waals surface area contributed by atoms with Crippen molar-refractivity contribution in [3.63, 3.8) is 0 Å². The molecule has 1 atom stereocenters. The molecular formula is C44H66ClN3O5S. The van der Waals surface area contributed by atoms with Gasteiger partial charge in [-0.15, -0.1) is 12.4 Å². The molecule has 0 saturated carbocycles. The first-order valence-corrected chi connectivity index (χ1v) is 21.0. The van der Waals surface area contributed by atoms with Gasteiger partial charge in [0, 0.05) is 30.9 Å². The van der Waals surface area contributed by atoms with E-state index in [0.29, 0.717) is 23.6 Å². The number of thiocarbonyl (C=S) groups is 1. The second-order valence-electron chi connectivity index (χ2n) is 14.6. The van der Waals surface area contributed by atoms with E-state index in [1.165, 1.54) is 81.1 Å². The first-order valence-electron chi connectivity index (χ1n) is 20.6. The van der Waals surface area contributed by atoms with Gasteiger partial charge in [-0.3, -0.25) is 4.90 Å². The Bertz CT molecular complexity index is 1460. The van der Waals surface area contributed by atoms with Crippen molar-refractivity contribution >= 4 is 41.8 Å². The van der Waals surface area contributed by atoms with Crippen LogP contribution in [0.2, 0.25) is 0 Å². The topological polar surface area (TPSA) is 80.3 Å². The normalized spacial score (nSPS) is 16.5. The van der Waals surface area contributed by atoms with Crippen LogP contribution in [0.25, 0.3) is 0 Å². The molecule has 0 spiro atoms. The summed E-state index contributed by atoms with van der Waals surface area (Å²) < 4.78 is 18.0. The molecule has 10 heteroatoms. The van der Waals surface area contributed by atoms with Gasteiger partial charge in [0.05, 0.1) is 18.8 Å². The zero-order valence-electron chi connectivity index (χ0n) is 33.4. The molecule has 4 rings (SSSR count). The number of nitrogens with one attached hydrogen (secondary N) is 1. The van der Waals surface area contributed by atoms with E-state index >= 15 is 0 Å². The molecule has 1 N–H and O–H groups in total. The van der Waals surface area contributed by atoms with Crippen molar-refractivity contribution < 1.29 is 23.8 Å². The van der Waals surface area contributed by atoms with E-state index in [4.69, 9.17) is 26.4 Å². The zero-order chi connectivity index (χ0) is 37.8. The first-order chi connectivity index (χ1) is 25.9. The number of nitrogens with zero attached hydrogens (tertiary/aromatic N) is 2. The maximum absolute atomic E-state index is 14.3. The Labute approximate surface area is 337 Å². The highest BCUT2D eigenvalue weighted by atomic mass is 35.5. The highest BCUT2D eigenvalue weighted by molar-refractivity contribution is 7.80. The number of rotatable bonds is 22. The van der Waals surface area contributed by atoms with Gasteiger partial charge in [0.1, 0.15) is 17.9 Å². The summed E-state index contributed by atoms with van der Waals surface area (Å²) in [6, 6.07) is 15.6. The molecule has 2 aliphatic rings. The fourth-order valence-corrected chi connectivity index (χ4v) is 7.97. The number of allylic oxidation sites excluding steroid dienone is 1. The maximum atomic E-state index is 14.3. The number of hydrogen-bond acceptors (Lipinski definition) is 7. The van der Waals surface area contributed by atoms with Gasteiger partial charge >= 0.3 is 12.1 Å². The fraction of sp³-hybridized carbons (Fsp3) is 0.614. The van der Waals surface area contributed by atoms with Crippen molar-refractivity contribution in [1.82, 2.24) is 15.1 Å². The minimum Gasteiger partial charge on any atom is -0.493 e. The van der Waals surface area contributed by atoms with Crippen LogP contribution in [0.15, 0.2) is 59.8 Å². The monoisotopic (exact) mass is 783 g/mol. The number of halogens is 1. The van der Waals surface area contributed by atoms with Gasteiger partial charge in [0.2, 0.25) is 0 Å². The van der Waals surface area contributed by atoms with E-state index < -0.39 is 18.1 Å². The van der Waals surface area contributed by atoms with Crippen molar-refractivity contribution in [2.45, 2.75) is 149 Å². The van der Waals surface area contributed by atoms with Crippen LogP contribution in [0.1, 0.15) is 147 Å². The lowest BCUT2D eigenvalue weighted by molar-refractivity contribution is -0.139. The summed E-state index contributed by atoms with van der Waals surface area (Å²) in [7, 11) is 0. The molecule has 1 fully saturated rings. The van der Waals surface area contributed by atoms with Crippen LogP contribution < -0.4 is 10.1 Å². The largest absolute Gasteiger partial charge is 0.493 e. The SMILES string of the molecule is CCCCCCCCCCCCCCCc1cccc(OCC)c1C1C(C(=O)OCC)=C(C)NC(=S)N1C(=O)OC1CCN(Cc2ccccc2)CC1.Cl. The van der Waals surface area contributed by atoms with Gasteiger partial charge in [-0.1, -0.05) is 126 Å². The van der Waals surface area contributed by atoms with Crippen LogP contribution in [-0.2, 0) is 27.2 Å². The van der Waals surface area contributed by atoms with Gasteiger partial charge in [-0.2, -0.15) is 0 Å². The number of carbonyl (C=O) groups excluding carboxylic acids is 2. The van der Waals surface area contributed by atoms with E-state index in [1.807, 2.05) is 32.0 Å². The molecule has 0 aromatic heterocycles.